The van der Waals surface area contributed by atoms with Gasteiger partial charge in [0.05, 0.1) is 11.3 Å². The number of nitrogens with zero attached hydrogens (tertiary/aromatic N) is 2. The minimum Gasteiger partial charge on any atom is -0.399 e. The van der Waals surface area contributed by atoms with Gasteiger partial charge < -0.3 is 10.6 Å². The largest absolute Gasteiger partial charge is 0.399 e. The molecule has 1 amide bonds. The van der Waals surface area contributed by atoms with Crippen LogP contribution in [0, 0.1) is 6.92 Å². The summed E-state index contributed by atoms with van der Waals surface area (Å²) in [6.07, 6.45) is 1.63. The van der Waals surface area contributed by atoms with Crippen molar-refractivity contribution >= 4 is 29.0 Å². The molecule has 0 bridgehead atoms. The predicted molar refractivity (Wildman–Crippen MR) is 82.2 cm³/mol. The third-order valence-corrected chi connectivity index (χ3v) is 4.29. The quantitative estimate of drug-likeness (QED) is 0.818. The lowest BCUT2D eigenvalue weighted by Crippen LogP contribution is -2.35. The van der Waals surface area contributed by atoms with Crippen LogP contribution in [0.25, 0.3) is 0 Å². The zero-order valence-electron chi connectivity index (χ0n) is 11.2. The molecule has 1 aliphatic rings. The number of nitrogens with two attached hydrogens (primary N) is 1. The fraction of sp³-hybridized carbons (Fsp3) is 0.200. The number of amides is 1. The molecule has 0 unspecified atom stereocenters. The highest BCUT2D eigenvalue weighted by molar-refractivity contribution is 7.99. The molecule has 1 aromatic carbocycles. The molecule has 1 aromatic heterocycles. The highest BCUT2D eigenvalue weighted by Gasteiger charge is 2.24. The number of fused-ring (bicyclic) bond motifs is 1. The maximum atomic E-state index is 12.6. The summed E-state index contributed by atoms with van der Waals surface area (Å²) in [6.45, 7) is 2.59. The van der Waals surface area contributed by atoms with Crippen molar-refractivity contribution in [2.45, 2.75) is 11.8 Å². The van der Waals surface area contributed by atoms with E-state index in [1.165, 1.54) is 0 Å². The Kier molecular flexibility index (Phi) is 3.36. The summed E-state index contributed by atoms with van der Waals surface area (Å²) >= 11 is 1.75. The minimum atomic E-state index is -0.0235. The first-order valence-corrected chi connectivity index (χ1v) is 7.40. The molecule has 0 spiro atoms. The summed E-state index contributed by atoms with van der Waals surface area (Å²) in [5, 5.41) is 0. The number of carbonyl (C=O) groups is 1. The van der Waals surface area contributed by atoms with Gasteiger partial charge in [-0.2, -0.15) is 0 Å². The summed E-state index contributed by atoms with van der Waals surface area (Å²) in [5.74, 6) is 0.867. The predicted octanol–water partition coefficient (Wildman–Crippen LogP) is 2.72. The molecule has 2 N–H and O–H groups in total. The van der Waals surface area contributed by atoms with Crippen molar-refractivity contribution in [1.29, 1.82) is 0 Å². The average molecular weight is 285 g/mol. The van der Waals surface area contributed by atoms with Crippen LogP contribution in [0.4, 0.5) is 11.4 Å². The first-order chi connectivity index (χ1) is 9.65. The second-order valence-corrected chi connectivity index (χ2v) is 5.86. The summed E-state index contributed by atoms with van der Waals surface area (Å²) in [5.41, 5.74) is 8.92. The van der Waals surface area contributed by atoms with E-state index in [-0.39, 0.29) is 5.91 Å². The van der Waals surface area contributed by atoms with Crippen molar-refractivity contribution in [2.75, 3.05) is 22.9 Å². The Labute approximate surface area is 122 Å². The number of aromatic nitrogens is 1. The number of aryl methyl sites for hydroxylation is 1. The zero-order valence-corrected chi connectivity index (χ0v) is 12.0. The first-order valence-electron chi connectivity index (χ1n) is 6.42. The lowest BCUT2D eigenvalue weighted by Gasteiger charge is -2.29. The molecule has 1 aliphatic heterocycles. The number of anilines is 2. The lowest BCUT2D eigenvalue weighted by molar-refractivity contribution is 0.0987. The number of hydrogen-bond donors (Lipinski definition) is 1. The normalized spacial score (nSPS) is 13.9. The van der Waals surface area contributed by atoms with Gasteiger partial charge in [-0.25, -0.2) is 0 Å². The van der Waals surface area contributed by atoms with E-state index in [0.29, 0.717) is 17.8 Å². The maximum absolute atomic E-state index is 12.6. The van der Waals surface area contributed by atoms with Crippen molar-refractivity contribution in [3.63, 3.8) is 0 Å². The van der Waals surface area contributed by atoms with Gasteiger partial charge in [0.25, 0.3) is 5.91 Å². The maximum Gasteiger partial charge on any atom is 0.259 e. The Hall–Kier alpha value is -2.01. The van der Waals surface area contributed by atoms with Gasteiger partial charge in [-0.1, -0.05) is 0 Å². The Balaban J connectivity index is 1.97. The summed E-state index contributed by atoms with van der Waals surface area (Å²) in [6, 6.07) is 9.38. The molecule has 5 heteroatoms. The Morgan fingerprint density at radius 3 is 2.95 bits per heavy atom. The smallest absolute Gasteiger partial charge is 0.259 e. The molecule has 0 saturated carbocycles. The van der Waals surface area contributed by atoms with E-state index in [0.717, 1.165) is 22.0 Å². The van der Waals surface area contributed by atoms with Gasteiger partial charge in [0.15, 0.2) is 0 Å². The Morgan fingerprint density at radius 1 is 1.35 bits per heavy atom. The Bertz CT molecular complexity index is 655. The molecule has 20 heavy (non-hydrogen) atoms. The van der Waals surface area contributed by atoms with Crippen molar-refractivity contribution in [3.05, 3.63) is 47.8 Å². The lowest BCUT2D eigenvalue weighted by atomic mass is 10.2. The van der Waals surface area contributed by atoms with Gasteiger partial charge in [0.1, 0.15) is 0 Å². The van der Waals surface area contributed by atoms with Crippen LogP contribution in [-0.2, 0) is 0 Å². The van der Waals surface area contributed by atoms with Gasteiger partial charge >= 0.3 is 0 Å². The molecule has 2 heterocycles. The topological polar surface area (TPSA) is 59.2 Å². The fourth-order valence-corrected chi connectivity index (χ4v) is 3.17. The van der Waals surface area contributed by atoms with E-state index in [9.17, 15) is 4.79 Å². The van der Waals surface area contributed by atoms with E-state index in [4.69, 9.17) is 5.73 Å². The summed E-state index contributed by atoms with van der Waals surface area (Å²) in [4.78, 5) is 19.7. The van der Waals surface area contributed by atoms with E-state index in [1.807, 2.05) is 37.3 Å². The number of nitrogen functional groups attached to an aromatic ring is 1. The van der Waals surface area contributed by atoms with Crippen LogP contribution in [0.5, 0.6) is 0 Å². The Morgan fingerprint density at radius 2 is 2.20 bits per heavy atom. The first kappa shape index (κ1) is 13.0. The van der Waals surface area contributed by atoms with Crippen LogP contribution in [-0.4, -0.2) is 23.2 Å². The third-order valence-electron chi connectivity index (χ3n) is 3.25. The molecule has 0 atom stereocenters. The van der Waals surface area contributed by atoms with Crippen LogP contribution in [0.1, 0.15) is 16.1 Å². The number of benzene rings is 1. The van der Waals surface area contributed by atoms with E-state index >= 15 is 0 Å². The standard InChI is InChI=1S/C15H15N3OS/c1-10-2-3-11(9-17-10)15(19)18-6-7-20-14-5-4-12(16)8-13(14)18/h2-5,8-9H,6-7,16H2,1H3. The average Bonchev–Trinajstić information content (AvgIpc) is 2.46. The monoisotopic (exact) mass is 285 g/mol. The van der Waals surface area contributed by atoms with Crippen LogP contribution >= 0.6 is 11.8 Å². The molecular weight excluding hydrogens is 270 g/mol. The molecule has 102 valence electrons. The second kappa shape index (κ2) is 5.17. The van der Waals surface area contributed by atoms with E-state index in [2.05, 4.69) is 4.98 Å². The van der Waals surface area contributed by atoms with Crippen molar-refractivity contribution in [3.8, 4) is 0 Å². The van der Waals surface area contributed by atoms with Crippen LogP contribution in [0.3, 0.4) is 0 Å². The molecule has 4 nitrogen and oxygen atoms in total. The SMILES string of the molecule is Cc1ccc(C(=O)N2CCSc3ccc(N)cc32)cn1. The zero-order chi connectivity index (χ0) is 14.1. The van der Waals surface area contributed by atoms with Crippen molar-refractivity contribution < 1.29 is 4.79 Å². The molecule has 3 rings (SSSR count). The molecular formula is C15H15N3OS. The van der Waals surface area contributed by atoms with Crippen LogP contribution < -0.4 is 10.6 Å². The number of carbonyl (C=O) groups excluding carboxylic acids is 1. The van der Waals surface area contributed by atoms with Crippen LogP contribution in [0.2, 0.25) is 0 Å². The molecule has 0 saturated heterocycles. The molecule has 0 radical (unpaired) electrons. The number of pyridine rings is 1. The van der Waals surface area contributed by atoms with Gasteiger partial charge in [-0.05, 0) is 37.3 Å². The van der Waals surface area contributed by atoms with E-state index < -0.39 is 0 Å². The minimum absolute atomic E-state index is 0.0235. The van der Waals surface area contributed by atoms with Gasteiger partial charge in [0.2, 0.25) is 0 Å². The molecule has 0 fully saturated rings. The van der Waals surface area contributed by atoms with Crippen molar-refractivity contribution in [1.82, 2.24) is 4.98 Å². The second-order valence-electron chi connectivity index (χ2n) is 4.72. The molecule has 0 aliphatic carbocycles. The number of hydrogen-bond acceptors (Lipinski definition) is 4. The highest BCUT2D eigenvalue weighted by atomic mass is 32.2. The van der Waals surface area contributed by atoms with Crippen LogP contribution in [0.15, 0.2) is 41.4 Å². The van der Waals surface area contributed by atoms with Crippen molar-refractivity contribution in [2.24, 2.45) is 0 Å². The fourth-order valence-electron chi connectivity index (χ4n) is 2.20. The summed E-state index contributed by atoms with van der Waals surface area (Å²) < 4.78 is 0. The van der Waals surface area contributed by atoms with Gasteiger partial charge in [0, 0.05) is 34.8 Å². The van der Waals surface area contributed by atoms with Gasteiger partial charge in [-0.3, -0.25) is 9.78 Å². The molecule has 2 aromatic rings. The third kappa shape index (κ3) is 2.36. The number of rotatable bonds is 1. The number of thioether (sulfide) groups is 1. The van der Waals surface area contributed by atoms with E-state index in [1.54, 1.807) is 22.9 Å². The van der Waals surface area contributed by atoms with Gasteiger partial charge in [-0.15, -0.1) is 11.8 Å². The summed E-state index contributed by atoms with van der Waals surface area (Å²) in [7, 11) is 0. The highest BCUT2D eigenvalue weighted by Crippen LogP contribution is 2.36.